The number of nitrogens with zero attached hydrogens (tertiary/aromatic N) is 4. The Hall–Kier alpha value is -2.78. The third kappa shape index (κ3) is 6.86. The van der Waals surface area contributed by atoms with Gasteiger partial charge in [-0.3, -0.25) is 9.69 Å². The van der Waals surface area contributed by atoms with Crippen LogP contribution in [0.5, 0.6) is 5.75 Å². The molecule has 7 nitrogen and oxygen atoms in total. The Kier molecular flexibility index (Phi) is 8.75. The number of phenolic OH excluding ortho intramolecular Hbond substituents is 1. The number of carbonyl (C=O) groups is 1. The monoisotopic (exact) mass is 459 g/mol. The van der Waals surface area contributed by atoms with Gasteiger partial charge < -0.3 is 15.3 Å². The van der Waals surface area contributed by atoms with Crippen LogP contribution in [0.2, 0.25) is 0 Å². The first-order valence-corrected chi connectivity index (χ1v) is 11.6. The van der Waals surface area contributed by atoms with Crippen molar-refractivity contribution in [2.75, 3.05) is 44.2 Å². The number of phenols is 1. The highest BCUT2D eigenvalue weighted by Gasteiger charge is 2.20. The number of aromatic nitrogens is 2. The van der Waals surface area contributed by atoms with Gasteiger partial charge >= 0.3 is 0 Å². The Labute approximate surface area is 192 Å². The molecule has 1 aromatic carbocycles. The van der Waals surface area contributed by atoms with Crippen LogP contribution in [0.4, 0.5) is 9.52 Å². The van der Waals surface area contributed by atoms with E-state index >= 15 is 0 Å². The predicted octanol–water partition coefficient (Wildman–Crippen LogP) is 2.93. The quantitative estimate of drug-likeness (QED) is 0.420. The summed E-state index contributed by atoms with van der Waals surface area (Å²) in [4.78, 5) is 21.4. The number of halogens is 1. The highest BCUT2D eigenvalue weighted by molar-refractivity contribution is 7.09. The van der Waals surface area contributed by atoms with Crippen molar-refractivity contribution < 1.29 is 14.3 Å². The van der Waals surface area contributed by atoms with Crippen molar-refractivity contribution >= 4 is 22.6 Å². The highest BCUT2D eigenvalue weighted by Crippen LogP contribution is 2.21. The molecule has 2 N–H and O–H groups in total. The van der Waals surface area contributed by atoms with E-state index in [1.807, 2.05) is 12.1 Å². The summed E-state index contributed by atoms with van der Waals surface area (Å²) in [6.07, 6.45) is 2.55. The molecule has 1 aromatic heterocycles. The number of allylic oxidation sites excluding steroid dienone is 1. The van der Waals surface area contributed by atoms with Crippen molar-refractivity contribution in [1.29, 1.82) is 0 Å². The van der Waals surface area contributed by atoms with Crippen molar-refractivity contribution in [3.63, 3.8) is 0 Å². The van der Waals surface area contributed by atoms with Crippen LogP contribution in [0.25, 0.3) is 0 Å². The number of carbonyl (C=O) groups excluding carboxylic acids is 1. The maximum atomic E-state index is 13.5. The van der Waals surface area contributed by atoms with Gasteiger partial charge in [0, 0.05) is 62.8 Å². The second-order valence-corrected chi connectivity index (χ2v) is 8.40. The number of amides is 1. The number of hydrogen-bond acceptors (Lipinski definition) is 7. The van der Waals surface area contributed by atoms with Crippen molar-refractivity contribution in [3.8, 4) is 5.75 Å². The number of benzene rings is 1. The second kappa shape index (κ2) is 11.7. The van der Waals surface area contributed by atoms with Gasteiger partial charge in [0.2, 0.25) is 5.13 Å². The normalized spacial score (nSPS) is 16.1. The zero-order valence-corrected chi connectivity index (χ0v) is 19.2. The lowest BCUT2D eigenvalue weighted by Gasteiger charge is -2.34. The van der Waals surface area contributed by atoms with Gasteiger partial charge in [0.25, 0.3) is 5.91 Å². The lowest BCUT2D eigenvalue weighted by Crippen LogP contribution is -2.48. The fourth-order valence-electron chi connectivity index (χ4n) is 3.38. The average molecular weight is 460 g/mol. The van der Waals surface area contributed by atoms with E-state index in [-0.39, 0.29) is 17.2 Å². The zero-order chi connectivity index (χ0) is 22.9. The molecule has 1 fully saturated rings. The molecule has 1 atom stereocenters. The van der Waals surface area contributed by atoms with Crippen LogP contribution in [-0.4, -0.2) is 70.7 Å². The van der Waals surface area contributed by atoms with E-state index in [4.69, 9.17) is 0 Å². The van der Waals surface area contributed by atoms with E-state index in [2.05, 4.69) is 31.1 Å². The maximum absolute atomic E-state index is 13.5. The highest BCUT2D eigenvalue weighted by atomic mass is 32.1. The summed E-state index contributed by atoms with van der Waals surface area (Å²) in [7, 11) is 0. The smallest absolute Gasteiger partial charge is 0.251 e. The molecule has 2 heterocycles. The Bertz CT molecular complexity index is 923. The Morgan fingerprint density at radius 2 is 2.03 bits per heavy atom. The minimum atomic E-state index is -1.14. The SMILES string of the molecule is C=C/C(=C\C(F)CC)C(=O)NCCN1CCN(c2nc(Cc3ccc(O)cc3)ns2)CC1. The summed E-state index contributed by atoms with van der Waals surface area (Å²) < 4.78 is 18.0. The standard InChI is InChI=1S/C23H30FN5O2S/c1-3-18(16-19(24)4-2)22(31)25-9-10-28-11-13-29(14-12-28)23-26-21(27-32-23)15-17-5-7-20(30)8-6-17/h3,5-8,16,19,30H,1,4,9-15H2,2H3,(H,25,31)/b18-16+. The topological polar surface area (TPSA) is 81.6 Å². The molecule has 32 heavy (non-hydrogen) atoms. The Morgan fingerprint density at radius 1 is 1.31 bits per heavy atom. The van der Waals surface area contributed by atoms with E-state index in [1.54, 1.807) is 19.1 Å². The van der Waals surface area contributed by atoms with E-state index < -0.39 is 6.17 Å². The summed E-state index contributed by atoms with van der Waals surface area (Å²) in [5.41, 5.74) is 1.34. The molecule has 0 radical (unpaired) electrons. The van der Waals surface area contributed by atoms with Crippen LogP contribution in [0.15, 0.2) is 48.6 Å². The summed E-state index contributed by atoms with van der Waals surface area (Å²) in [6, 6.07) is 7.09. The molecule has 0 aliphatic carbocycles. The zero-order valence-electron chi connectivity index (χ0n) is 18.3. The molecular weight excluding hydrogens is 429 g/mol. The van der Waals surface area contributed by atoms with Crippen LogP contribution in [0.1, 0.15) is 24.7 Å². The van der Waals surface area contributed by atoms with E-state index in [0.29, 0.717) is 19.4 Å². The first-order valence-electron chi connectivity index (χ1n) is 10.8. The lowest BCUT2D eigenvalue weighted by molar-refractivity contribution is -0.117. The summed E-state index contributed by atoms with van der Waals surface area (Å²) in [6.45, 7) is 10.0. The Balaban J connectivity index is 1.41. The van der Waals surface area contributed by atoms with Crippen LogP contribution in [0, 0.1) is 0 Å². The van der Waals surface area contributed by atoms with Gasteiger partial charge in [-0.2, -0.15) is 4.37 Å². The molecule has 1 aliphatic heterocycles. The van der Waals surface area contributed by atoms with Gasteiger partial charge in [-0.1, -0.05) is 31.7 Å². The van der Waals surface area contributed by atoms with Crippen LogP contribution in [0.3, 0.4) is 0 Å². The molecule has 1 aliphatic rings. The second-order valence-electron chi connectivity index (χ2n) is 7.67. The fourth-order valence-corrected chi connectivity index (χ4v) is 4.12. The molecular formula is C23H30FN5O2S. The third-order valence-corrected chi connectivity index (χ3v) is 6.16. The maximum Gasteiger partial charge on any atom is 0.251 e. The van der Waals surface area contributed by atoms with Crippen LogP contribution < -0.4 is 10.2 Å². The number of piperazine rings is 1. The fraction of sp³-hybridized carbons (Fsp3) is 0.435. The van der Waals surface area contributed by atoms with Gasteiger partial charge in [-0.15, -0.1) is 0 Å². The van der Waals surface area contributed by atoms with Gasteiger partial charge in [0.15, 0.2) is 0 Å². The first kappa shape index (κ1) is 23.9. The minimum absolute atomic E-state index is 0.251. The third-order valence-electron chi connectivity index (χ3n) is 5.34. The van der Waals surface area contributed by atoms with Gasteiger partial charge in [-0.25, -0.2) is 9.37 Å². The van der Waals surface area contributed by atoms with Gasteiger partial charge in [-0.05, 0) is 30.2 Å². The van der Waals surface area contributed by atoms with Crippen LogP contribution >= 0.6 is 11.5 Å². The number of nitrogens with one attached hydrogen (secondary N) is 1. The van der Waals surface area contributed by atoms with E-state index in [9.17, 15) is 14.3 Å². The van der Waals surface area contributed by atoms with E-state index in [0.717, 1.165) is 49.2 Å². The van der Waals surface area contributed by atoms with E-state index in [1.165, 1.54) is 23.7 Å². The number of aromatic hydroxyl groups is 1. The molecule has 1 saturated heterocycles. The van der Waals surface area contributed by atoms with Crippen LogP contribution in [-0.2, 0) is 11.2 Å². The summed E-state index contributed by atoms with van der Waals surface area (Å²) >= 11 is 1.41. The molecule has 1 amide bonds. The van der Waals surface area contributed by atoms with Crippen molar-refractivity contribution in [2.24, 2.45) is 0 Å². The molecule has 3 rings (SSSR count). The number of hydrogen-bond donors (Lipinski definition) is 2. The molecule has 0 spiro atoms. The summed E-state index contributed by atoms with van der Waals surface area (Å²) in [5, 5.41) is 13.2. The minimum Gasteiger partial charge on any atom is -0.508 e. The largest absolute Gasteiger partial charge is 0.508 e. The van der Waals surface area contributed by atoms with Gasteiger partial charge in [0.05, 0.1) is 0 Å². The van der Waals surface area contributed by atoms with Crippen molar-refractivity contribution in [1.82, 2.24) is 19.6 Å². The Morgan fingerprint density at radius 3 is 2.69 bits per heavy atom. The number of rotatable bonds is 10. The lowest BCUT2D eigenvalue weighted by atomic mass is 10.1. The van der Waals surface area contributed by atoms with Crippen molar-refractivity contribution in [2.45, 2.75) is 25.9 Å². The molecule has 1 unspecified atom stereocenters. The first-order chi connectivity index (χ1) is 15.5. The molecule has 0 saturated carbocycles. The molecule has 0 bridgehead atoms. The van der Waals surface area contributed by atoms with Gasteiger partial charge in [0.1, 0.15) is 17.7 Å². The molecule has 9 heteroatoms. The van der Waals surface area contributed by atoms with Crippen molar-refractivity contribution in [3.05, 3.63) is 60.0 Å². The molecule has 2 aromatic rings. The number of anilines is 1. The predicted molar refractivity (Wildman–Crippen MR) is 126 cm³/mol. The molecule has 172 valence electrons. The summed E-state index contributed by atoms with van der Waals surface area (Å²) in [5.74, 6) is 0.746. The average Bonchev–Trinajstić information content (AvgIpc) is 3.27. The number of alkyl halides is 1.